The van der Waals surface area contributed by atoms with Gasteiger partial charge in [0, 0.05) is 17.0 Å². The van der Waals surface area contributed by atoms with Gasteiger partial charge in [-0.3, -0.25) is 10.1 Å². The molecule has 3 nitrogen and oxygen atoms in total. The number of thioether (sulfide) groups is 1. The standard InChI is InChI=1S/C9H8F3NO2S/c1-6-4-7(13(14)15)2-3-8(6)16-5-9(10,11)12/h2-4H,5H2,1H3. The predicted octanol–water partition coefficient (Wildman–Crippen LogP) is 3.56. The summed E-state index contributed by atoms with van der Waals surface area (Å²) < 4.78 is 35.9. The minimum absolute atomic E-state index is 0.117. The monoisotopic (exact) mass is 251 g/mol. The van der Waals surface area contributed by atoms with Crippen LogP contribution in [0, 0.1) is 17.0 Å². The van der Waals surface area contributed by atoms with Crippen LogP contribution in [0.4, 0.5) is 18.9 Å². The van der Waals surface area contributed by atoms with E-state index in [1.807, 2.05) is 0 Å². The first kappa shape index (κ1) is 12.8. The zero-order valence-corrected chi connectivity index (χ0v) is 9.06. The lowest BCUT2D eigenvalue weighted by atomic mass is 10.2. The fourth-order valence-corrected chi connectivity index (χ4v) is 1.84. The van der Waals surface area contributed by atoms with Crippen LogP contribution in [0.5, 0.6) is 0 Å². The van der Waals surface area contributed by atoms with Crippen LogP contribution >= 0.6 is 11.8 Å². The van der Waals surface area contributed by atoms with Gasteiger partial charge in [-0.1, -0.05) is 0 Å². The zero-order valence-electron chi connectivity index (χ0n) is 8.25. The largest absolute Gasteiger partial charge is 0.398 e. The maximum absolute atomic E-state index is 12.0. The van der Waals surface area contributed by atoms with Crippen LogP contribution in [-0.4, -0.2) is 16.9 Å². The van der Waals surface area contributed by atoms with Gasteiger partial charge in [0.15, 0.2) is 0 Å². The molecule has 1 rings (SSSR count). The average Bonchev–Trinajstić information content (AvgIpc) is 2.14. The Morgan fingerprint density at radius 1 is 1.44 bits per heavy atom. The van der Waals surface area contributed by atoms with Gasteiger partial charge in [0.25, 0.3) is 5.69 Å². The molecule has 0 aliphatic heterocycles. The lowest BCUT2D eigenvalue weighted by Gasteiger charge is -2.07. The summed E-state index contributed by atoms with van der Waals surface area (Å²) in [6.07, 6.45) is -4.24. The number of nitro benzene ring substituents is 1. The molecule has 0 aliphatic carbocycles. The van der Waals surface area contributed by atoms with E-state index in [1.165, 1.54) is 18.2 Å². The zero-order chi connectivity index (χ0) is 12.3. The highest BCUT2D eigenvalue weighted by Crippen LogP contribution is 2.30. The molecule has 0 atom stereocenters. The Balaban J connectivity index is 2.80. The highest BCUT2D eigenvalue weighted by Gasteiger charge is 2.27. The molecule has 0 radical (unpaired) electrons. The number of non-ortho nitro benzene ring substituents is 1. The molecule has 0 bridgehead atoms. The minimum Gasteiger partial charge on any atom is -0.258 e. The summed E-state index contributed by atoms with van der Waals surface area (Å²) in [5.41, 5.74) is 0.359. The maximum Gasteiger partial charge on any atom is 0.398 e. The SMILES string of the molecule is Cc1cc([N+](=O)[O-])ccc1SCC(F)(F)F. The first-order chi connectivity index (χ1) is 7.29. The van der Waals surface area contributed by atoms with E-state index in [9.17, 15) is 23.3 Å². The molecule has 0 saturated carbocycles. The van der Waals surface area contributed by atoms with Crippen LogP contribution in [0.15, 0.2) is 23.1 Å². The number of rotatable bonds is 3. The molecule has 0 heterocycles. The molecule has 0 N–H and O–H groups in total. The lowest BCUT2D eigenvalue weighted by Crippen LogP contribution is -2.10. The van der Waals surface area contributed by atoms with Crippen LogP contribution in [0.1, 0.15) is 5.56 Å². The summed E-state index contributed by atoms with van der Waals surface area (Å²) in [5, 5.41) is 10.4. The third kappa shape index (κ3) is 3.73. The van der Waals surface area contributed by atoms with E-state index in [1.54, 1.807) is 6.92 Å². The van der Waals surface area contributed by atoms with Crippen molar-refractivity contribution >= 4 is 17.4 Å². The fraction of sp³-hybridized carbons (Fsp3) is 0.333. The number of nitrogens with zero attached hydrogens (tertiary/aromatic N) is 1. The number of hydrogen-bond donors (Lipinski definition) is 0. The summed E-state index contributed by atoms with van der Waals surface area (Å²) in [7, 11) is 0. The van der Waals surface area contributed by atoms with E-state index in [2.05, 4.69) is 0 Å². The predicted molar refractivity (Wildman–Crippen MR) is 54.6 cm³/mol. The van der Waals surface area contributed by atoms with E-state index >= 15 is 0 Å². The summed E-state index contributed by atoms with van der Waals surface area (Å²) in [6, 6.07) is 3.80. The molecular formula is C9H8F3NO2S. The van der Waals surface area contributed by atoms with Gasteiger partial charge in [-0.2, -0.15) is 13.2 Å². The number of hydrogen-bond acceptors (Lipinski definition) is 3. The molecule has 88 valence electrons. The third-order valence-corrected chi connectivity index (χ3v) is 3.00. The van der Waals surface area contributed by atoms with Gasteiger partial charge in [0.2, 0.25) is 0 Å². The van der Waals surface area contributed by atoms with Crippen molar-refractivity contribution < 1.29 is 18.1 Å². The Morgan fingerprint density at radius 2 is 2.06 bits per heavy atom. The average molecular weight is 251 g/mol. The van der Waals surface area contributed by atoms with E-state index in [4.69, 9.17) is 0 Å². The first-order valence-electron chi connectivity index (χ1n) is 4.24. The van der Waals surface area contributed by atoms with E-state index in [0.717, 1.165) is 0 Å². The summed E-state index contributed by atoms with van der Waals surface area (Å²) in [4.78, 5) is 10.2. The van der Waals surface area contributed by atoms with Crippen molar-refractivity contribution in [1.29, 1.82) is 0 Å². The molecule has 1 aromatic carbocycles. The minimum atomic E-state index is -4.24. The molecule has 0 aromatic heterocycles. The Hall–Kier alpha value is -1.24. The highest BCUT2D eigenvalue weighted by atomic mass is 32.2. The van der Waals surface area contributed by atoms with Crippen LogP contribution in [0.3, 0.4) is 0 Å². The Labute approximate surface area is 93.8 Å². The van der Waals surface area contributed by atoms with Gasteiger partial charge in [0.1, 0.15) is 0 Å². The van der Waals surface area contributed by atoms with Crippen molar-refractivity contribution in [2.45, 2.75) is 18.0 Å². The number of benzene rings is 1. The number of alkyl halides is 3. The molecule has 7 heteroatoms. The van der Waals surface area contributed by atoms with Gasteiger partial charge in [0.05, 0.1) is 10.7 Å². The second-order valence-electron chi connectivity index (χ2n) is 3.11. The van der Waals surface area contributed by atoms with Crippen LogP contribution in [0.2, 0.25) is 0 Å². The number of aryl methyl sites for hydroxylation is 1. The summed E-state index contributed by atoms with van der Waals surface area (Å²) >= 11 is 0.627. The molecule has 0 spiro atoms. The topological polar surface area (TPSA) is 43.1 Å². The lowest BCUT2D eigenvalue weighted by molar-refractivity contribution is -0.385. The smallest absolute Gasteiger partial charge is 0.258 e. The van der Waals surface area contributed by atoms with Crippen LogP contribution in [-0.2, 0) is 0 Å². The highest BCUT2D eigenvalue weighted by molar-refractivity contribution is 7.99. The molecule has 0 amide bonds. The van der Waals surface area contributed by atoms with Crippen molar-refractivity contribution in [1.82, 2.24) is 0 Å². The molecule has 1 aromatic rings. The van der Waals surface area contributed by atoms with E-state index < -0.39 is 16.9 Å². The molecular weight excluding hydrogens is 243 g/mol. The van der Waals surface area contributed by atoms with Gasteiger partial charge in [-0.25, -0.2) is 0 Å². The van der Waals surface area contributed by atoms with Crippen LogP contribution < -0.4 is 0 Å². The Morgan fingerprint density at radius 3 is 2.50 bits per heavy atom. The van der Waals surface area contributed by atoms with E-state index in [0.29, 0.717) is 22.2 Å². The maximum atomic E-state index is 12.0. The summed E-state index contributed by atoms with van der Waals surface area (Å²) in [5.74, 6) is -0.994. The Bertz CT molecular complexity index is 406. The van der Waals surface area contributed by atoms with Crippen LogP contribution in [0.25, 0.3) is 0 Å². The fourth-order valence-electron chi connectivity index (χ4n) is 1.07. The second kappa shape index (κ2) is 4.73. The van der Waals surface area contributed by atoms with Gasteiger partial charge in [-0.15, -0.1) is 11.8 Å². The van der Waals surface area contributed by atoms with Crippen molar-refractivity contribution in [3.8, 4) is 0 Å². The molecule has 16 heavy (non-hydrogen) atoms. The van der Waals surface area contributed by atoms with Gasteiger partial charge < -0.3 is 0 Å². The quantitative estimate of drug-likeness (QED) is 0.468. The van der Waals surface area contributed by atoms with Crippen molar-refractivity contribution in [2.24, 2.45) is 0 Å². The molecule has 0 saturated heterocycles. The van der Waals surface area contributed by atoms with Crippen molar-refractivity contribution in [3.63, 3.8) is 0 Å². The molecule has 0 unspecified atom stereocenters. The molecule has 0 fully saturated rings. The van der Waals surface area contributed by atoms with Crippen molar-refractivity contribution in [2.75, 3.05) is 5.75 Å². The van der Waals surface area contributed by atoms with Gasteiger partial charge in [-0.05, 0) is 18.6 Å². The Kier molecular flexibility index (Phi) is 3.79. The van der Waals surface area contributed by atoms with Gasteiger partial charge >= 0.3 is 6.18 Å². The molecule has 0 aliphatic rings. The van der Waals surface area contributed by atoms with E-state index in [-0.39, 0.29) is 5.69 Å². The number of nitro groups is 1. The normalized spacial score (nSPS) is 11.5. The summed E-state index contributed by atoms with van der Waals surface area (Å²) in [6.45, 7) is 1.55. The third-order valence-electron chi connectivity index (χ3n) is 1.76. The number of halogens is 3. The van der Waals surface area contributed by atoms with Crippen molar-refractivity contribution in [3.05, 3.63) is 33.9 Å². The second-order valence-corrected chi connectivity index (χ2v) is 4.13. The first-order valence-corrected chi connectivity index (χ1v) is 5.23.